The van der Waals surface area contributed by atoms with Gasteiger partial charge >= 0.3 is 0 Å². The van der Waals surface area contributed by atoms with Crippen LogP contribution in [0.1, 0.15) is 37.2 Å². The number of nitrogens with zero attached hydrogens (tertiary/aromatic N) is 2. The highest BCUT2D eigenvalue weighted by Gasteiger charge is 2.45. The third-order valence-electron chi connectivity index (χ3n) is 3.97. The first-order valence-electron chi connectivity index (χ1n) is 6.57. The summed E-state index contributed by atoms with van der Waals surface area (Å²) in [6, 6.07) is 0. The lowest BCUT2D eigenvalue weighted by molar-refractivity contribution is 0.0935. The van der Waals surface area contributed by atoms with Crippen LogP contribution in [0.25, 0.3) is 0 Å². The maximum Gasteiger partial charge on any atom is 0.271 e. The van der Waals surface area contributed by atoms with Crippen molar-refractivity contribution in [2.45, 2.75) is 33.2 Å². The molecule has 1 aromatic rings. The molecular weight excluding hydrogens is 228 g/mol. The molecule has 0 saturated heterocycles. The monoisotopic (exact) mass is 250 g/mol. The van der Waals surface area contributed by atoms with Gasteiger partial charge in [0, 0.05) is 25.8 Å². The molecule has 1 heterocycles. The second kappa shape index (κ2) is 5.10. The number of nitrogens with one attached hydrogen (secondary N) is 1. The molecule has 1 aliphatic rings. The Morgan fingerprint density at radius 1 is 1.61 bits per heavy atom. The van der Waals surface area contributed by atoms with Crippen LogP contribution in [0.3, 0.4) is 0 Å². The number of hydrogen-bond donors (Lipinski definition) is 2. The van der Waals surface area contributed by atoms with Crippen LogP contribution in [0, 0.1) is 11.3 Å². The summed E-state index contributed by atoms with van der Waals surface area (Å²) < 4.78 is 1.84. The quantitative estimate of drug-likeness (QED) is 0.791. The summed E-state index contributed by atoms with van der Waals surface area (Å²) in [6.45, 7) is 6.43. The Bertz CT molecular complexity index is 420. The topological polar surface area (TPSA) is 72.9 Å². The summed E-state index contributed by atoms with van der Waals surface area (Å²) in [5.74, 6) is 0.533. The van der Waals surface area contributed by atoms with E-state index in [2.05, 4.69) is 24.1 Å². The molecule has 100 valence electrons. The van der Waals surface area contributed by atoms with E-state index in [1.807, 2.05) is 4.57 Å². The van der Waals surface area contributed by atoms with E-state index in [4.69, 9.17) is 5.73 Å². The molecule has 0 atom stereocenters. The average Bonchev–Trinajstić information content (AvgIpc) is 3.00. The number of imidazole rings is 1. The van der Waals surface area contributed by atoms with E-state index in [-0.39, 0.29) is 5.91 Å². The van der Waals surface area contributed by atoms with Crippen molar-refractivity contribution in [3.63, 3.8) is 0 Å². The van der Waals surface area contributed by atoms with Gasteiger partial charge in [-0.2, -0.15) is 0 Å². The standard InChI is InChI=1S/C13H22N4O/c1-10(2)13(3-4-13)8-15-12(18)11-7-17(6-5-14)9-16-11/h7,9-10H,3-6,8,14H2,1-2H3,(H,15,18). The Morgan fingerprint density at radius 3 is 2.89 bits per heavy atom. The van der Waals surface area contributed by atoms with Crippen molar-refractivity contribution in [1.29, 1.82) is 0 Å². The Labute approximate surface area is 108 Å². The van der Waals surface area contributed by atoms with Gasteiger partial charge in [-0.3, -0.25) is 4.79 Å². The van der Waals surface area contributed by atoms with Crippen molar-refractivity contribution in [3.8, 4) is 0 Å². The summed E-state index contributed by atoms with van der Waals surface area (Å²) in [5, 5.41) is 2.99. The fourth-order valence-electron chi connectivity index (χ4n) is 2.21. The Morgan fingerprint density at radius 2 is 2.33 bits per heavy atom. The lowest BCUT2D eigenvalue weighted by Gasteiger charge is -2.19. The molecule has 5 heteroatoms. The van der Waals surface area contributed by atoms with E-state index >= 15 is 0 Å². The molecule has 1 aliphatic carbocycles. The van der Waals surface area contributed by atoms with Gasteiger partial charge in [0.1, 0.15) is 5.69 Å². The SMILES string of the molecule is CC(C)C1(CNC(=O)c2cn(CCN)cn2)CC1. The Balaban J connectivity index is 1.87. The van der Waals surface area contributed by atoms with Gasteiger partial charge in [-0.1, -0.05) is 13.8 Å². The van der Waals surface area contributed by atoms with E-state index in [0.717, 1.165) is 6.54 Å². The molecule has 0 radical (unpaired) electrons. The third-order valence-corrected chi connectivity index (χ3v) is 3.97. The van der Waals surface area contributed by atoms with Gasteiger partial charge < -0.3 is 15.6 Å². The third kappa shape index (κ3) is 2.72. The molecule has 0 unspecified atom stereocenters. The summed E-state index contributed by atoms with van der Waals surface area (Å²) >= 11 is 0. The molecule has 1 aromatic heterocycles. The van der Waals surface area contributed by atoms with Crippen LogP contribution in [0.4, 0.5) is 0 Å². The van der Waals surface area contributed by atoms with Crippen molar-refractivity contribution >= 4 is 5.91 Å². The highest BCUT2D eigenvalue weighted by Crippen LogP contribution is 2.51. The lowest BCUT2D eigenvalue weighted by Crippen LogP contribution is -2.32. The fraction of sp³-hybridized carbons (Fsp3) is 0.692. The zero-order valence-electron chi connectivity index (χ0n) is 11.1. The van der Waals surface area contributed by atoms with E-state index in [0.29, 0.717) is 30.1 Å². The molecule has 2 rings (SSSR count). The summed E-state index contributed by atoms with van der Waals surface area (Å²) in [4.78, 5) is 16.0. The number of hydrogen-bond acceptors (Lipinski definition) is 3. The minimum absolute atomic E-state index is 0.0855. The number of nitrogens with two attached hydrogens (primary N) is 1. The maximum absolute atomic E-state index is 11.9. The van der Waals surface area contributed by atoms with Crippen LogP contribution >= 0.6 is 0 Å². The van der Waals surface area contributed by atoms with Crippen molar-refractivity contribution in [2.75, 3.05) is 13.1 Å². The van der Waals surface area contributed by atoms with Crippen molar-refractivity contribution in [1.82, 2.24) is 14.9 Å². The molecule has 0 aliphatic heterocycles. The molecule has 1 amide bonds. The molecule has 0 spiro atoms. The smallest absolute Gasteiger partial charge is 0.271 e. The van der Waals surface area contributed by atoms with Gasteiger partial charge in [0.2, 0.25) is 0 Å². The number of amides is 1. The molecule has 5 nitrogen and oxygen atoms in total. The molecule has 0 aromatic carbocycles. The van der Waals surface area contributed by atoms with Gasteiger partial charge in [-0.15, -0.1) is 0 Å². The van der Waals surface area contributed by atoms with E-state index in [9.17, 15) is 4.79 Å². The summed E-state index contributed by atoms with van der Waals surface area (Å²) in [7, 11) is 0. The lowest BCUT2D eigenvalue weighted by atomic mass is 9.92. The number of aromatic nitrogens is 2. The highest BCUT2D eigenvalue weighted by molar-refractivity contribution is 5.92. The van der Waals surface area contributed by atoms with Crippen LogP contribution in [-0.2, 0) is 6.54 Å². The van der Waals surface area contributed by atoms with Crippen LogP contribution in [0.15, 0.2) is 12.5 Å². The molecular formula is C13H22N4O. The van der Waals surface area contributed by atoms with Gasteiger partial charge in [-0.05, 0) is 24.2 Å². The normalized spacial score (nSPS) is 16.9. The zero-order chi connectivity index (χ0) is 13.2. The average molecular weight is 250 g/mol. The largest absolute Gasteiger partial charge is 0.350 e. The molecule has 18 heavy (non-hydrogen) atoms. The van der Waals surface area contributed by atoms with Crippen LogP contribution in [0.2, 0.25) is 0 Å². The highest BCUT2D eigenvalue weighted by atomic mass is 16.1. The molecule has 1 saturated carbocycles. The van der Waals surface area contributed by atoms with Crippen molar-refractivity contribution in [2.24, 2.45) is 17.1 Å². The minimum Gasteiger partial charge on any atom is -0.350 e. The predicted octanol–water partition coefficient (Wildman–Crippen LogP) is 1.01. The van der Waals surface area contributed by atoms with Gasteiger partial charge in [0.15, 0.2) is 0 Å². The zero-order valence-corrected chi connectivity index (χ0v) is 11.1. The van der Waals surface area contributed by atoms with Crippen LogP contribution in [0.5, 0.6) is 0 Å². The van der Waals surface area contributed by atoms with Crippen LogP contribution in [-0.4, -0.2) is 28.5 Å². The number of rotatable bonds is 6. The second-order valence-corrected chi connectivity index (χ2v) is 5.49. The number of carbonyl (C=O) groups is 1. The first kappa shape index (κ1) is 13.1. The minimum atomic E-state index is -0.0855. The van der Waals surface area contributed by atoms with Crippen molar-refractivity contribution < 1.29 is 4.79 Å². The molecule has 1 fully saturated rings. The predicted molar refractivity (Wildman–Crippen MR) is 70.1 cm³/mol. The first-order chi connectivity index (χ1) is 8.57. The van der Waals surface area contributed by atoms with Gasteiger partial charge in [0.05, 0.1) is 6.33 Å². The van der Waals surface area contributed by atoms with Crippen LogP contribution < -0.4 is 11.1 Å². The van der Waals surface area contributed by atoms with Gasteiger partial charge in [-0.25, -0.2) is 4.98 Å². The molecule has 0 bridgehead atoms. The Kier molecular flexibility index (Phi) is 3.71. The van der Waals surface area contributed by atoms with Gasteiger partial charge in [0.25, 0.3) is 5.91 Å². The number of carbonyl (C=O) groups excluding carboxylic acids is 1. The van der Waals surface area contributed by atoms with Crippen molar-refractivity contribution in [3.05, 3.63) is 18.2 Å². The van der Waals surface area contributed by atoms with E-state index in [1.54, 1.807) is 12.5 Å². The van der Waals surface area contributed by atoms with E-state index < -0.39 is 0 Å². The summed E-state index contributed by atoms with van der Waals surface area (Å²) in [6.07, 6.45) is 5.83. The Hall–Kier alpha value is -1.36. The summed E-state index contributed by atoms with van der Waals surface area (Å²) in [5.41, 5.74) is 6.26. The van der Waals surface area contributed by atoms with E-state index in [1.165, 1.54) is 12.8 Å². The maximum atomic E-state index is 11.9. The second-order valence-electron chi connectivity index (χ2n) is 5.49. The molecule has 3 N–H and O–H groups in total. The first-order valence-corrected chi connectivity index (χ1v) is 6.57. The fourth-order valence-corrected chi connectivity index (χ4v) is 2.21.